The molecule has 5 heteroatoms. The van der Waals surface area contributed by atoms with Crippen LogP contribution < -0.4 is 10.1 Å². The molecule has 0 aliphatic rings. The Labute approximate surface area is 98.5 Å². The number of rotatable bonds is 4. The predicted molar refractivity (Wildman–Crippen MR) is 61.0 cm³/mol. The summed E-state index contributed by atoms with van der Waals surface area (Å²) in [5.41, 5.74) is 0.537. The van der Waals surface area contributed by atoms with Gasteiger partial charge in [-0.05, 0) is 25.6 Å². The van der Waals surface area contributed by atoms with Gasteiger partial charge in [-0.25, -0.2) is 4.39 Å². The zero-order valence-corrected chi connectivity index (χ0v) is 10.1. The summed E-state index contributed by atoms with van der Waals surface area (Å²) in [5.74, 6) is -0.881. The minimum Gasteiger partial charge on any atom is -0.496 e. The summed E-state index contributed by atoms with van der Waals surface area (Å²) in [5, 5.41) is 2.60. The highest BCUT2D eigenvalue weighted by Crippen LogP contribution is 2.31. The largest absolute Gasteiger partial charge is 0.496 e. The van der Waals surface area contributed by atoms with Crippen molar-refractivity contribution in [1.82, 2.24) is 5.32 Å². The van der Waals surface area contributed by atoms with Crippen LogP contribution in [0.3, 0.4) is 0 Å². The van der Waals surface area contributed by atoms with Crippen molar-refractivity contribution >= 4 is 17.4 Å². The third-order valence-electron chi connectivity index (χ3n) is 2.18. The highest BCUT2D eigenvalue weighted by molar-refractivity contribution is 6.31. The lowest BCUT2D eigenvalue weighted by Crippen LogP contribution is -2.20. The van der Waals surface area contributed by atoms with E-state index in [1.807, 2.05) is 0 Å². The lowest BCUT2D eigenvalue weighted by molar-refractivity contribution is 0.0986. The zero-order chi connectivity index (χ0) is 12.3. The van der Waals surface area contributed by atoms with E-state index in [4.69, 9.17) is 16.3 Å². The Hall–Kier alpha value is -1.13. The minimum absolute atomic E-state index is 0.0348. The second kappa shape index (κ2) is 5.27. The van der Waals surface area contributed by atoms with Gasteiger partial charge in [0.15, 0.2) is 11.6 Å². The van der Waals surface area contributed by atoms with Gasteiger partial charge in [0.1, 0.15) is 5.75 Å². The van der Waals surface area contributed by atoms with E-state index in [9.17, 15) is 9.18 Å². The Morgan fingerprint density at radius 3 is 2.75 bits per heavy atom. The Morgan fingerprint density at radius 1 is 1.62 bits per heavy atom. The number of ether oxygens (including phenoxy) is 1. The molecule has 0 aliphatic carbocycles. The van der Waals surface area contributed by atoms with Crippen LogP contribution in [0.4, 0.5) is 4.39 Å². The third-order valence-corrected chi connectivity index (χ3v) is 2.45. The van der Waals surface area contributed by atoms with Gasteiger partial charge in [-0.2, -0.15) is 0 Å². The van der Waals surface area contributed by atoms with Gasteiger partial charge >= 0.3 is 0 Å². The average Bonchev–Trinajstić information content (AvgIpc) is 2.23. The van der Waals surface area contributed by atoms with Crippen LogP contribution >= 0.6 is 11.6 Å². The molecule has 0 fully saturated rings. The summed E-state index contributed by atoms with van der Waals surface area (Å²) in [7, 11) is 3.01. The minimum atomic E-state index is -0.732. The molecule has 0 atom stereocenters. The molecular formula is C11H13ClFNO2. The maximum absolute atomic E-state index is 13.7. The fraction of sp³-hybridized carbons (Fsp3) is 0.364. The van der Waals surface area contributed by atoms with E-state index in [1.165, 1.54) is 13.2 Å². The van der Waals surface area contributed by atoms with Crippen LogP contribution in [0.25, 0.3) is 0 Å². The number of carbonyl (C=O) groups excluding carboxylic acids is 1. The molecule has 0 spiro atoms. The van der Waals surface area contributed by atoms with E-state index in [-0.39, 0.29) is 28.7 Å². The monoisotopic (exact) mass is 245 g/mol. The lowest BCUT2D eigenvalue weighted by Gasteiger charge is -2.12. The van der Waals surface area contributed by atoms with Crippen molar-refractivity contribution in [3.63, 3.8) is 0 Å². The fourth-order valence-corrected chi connectivity index (χ4v) is 1.75. The Morgan fingerprint density at radius 2 is 2.25 bits per heavy atom. The molecule has 0 unspecified atom stereocenters. The molecule has 0 bridgehead atoms. The van der Waals surface area contributed by atoms with Crippen molar-refractivity contribution in [2.45, 2.75) is 6.92 Å². The Balaban J connectivity index is 3.38. The molecule has 0 aliphatic heterocycles. The van der Waals surface area contributed by atoms with Crippen LogP contribution in [-0.2, 0) is 0 Å². The van der Waals surface area contributed by atoms with Gasteiger partial charge in [0.05, 0.1) is 24.2 Å². The van der Waals surface area contributed by atoms with Crippen molar-refractivity contribution < 1.29 is 13.9 Å². The molecule has 1 rings (SSSR count). The maximum atomic E-state index is 13.7. The molecule has 0 radical (unpaired) electrons. The number of halogens is 2. The first-order valence-electron chi connectivity index (χ1n) is 4.73. The molecule has 88 valence electrons. The standard InChI is InChI=1S/C11H13ClFNO2/c1-6-4-7(12)10(13)9(11(6)16-3)8(15)5-14-2/h4,14H,5H2,1-3H3. The predicted octanol–water partition coefficient (Wildman–Crippen LogP) is 2.20. The van der Waals surface area contributed by atoms with Crippen LogP contribution in [-0.4, -0.2) is 26.5 Å². The van der Waals surface area contributed by atoms with E-state index in [2.05, 4.69) is 5.32 Å². The van der Waals surface area contributed by atoms with E-state index in [1.54, 1.807) is 14.0 Å². The van der Waals surface area contributed by atoms with Crippen LogP contribution in [0.5, 0.6) is 5.75 Å². The third kappa shape index (κ3) is 2.33. The van der Waals surface area contributed by atoms with Crippen LogP contribution in [0.15, 0.2) is 6.07 Å². The average molecular weight is 246 g/mol. The van der Waals surface area contributed by atoms with Gasteiger partial charge in [0.25, 0.3) is 0 Å². The second-order valence-corrected chi connectivity index (χ2v) is 3.76. The Kier molecular flexibility index (Phi) is 4.26. The number of likely N-dealkylation sites (N-methyl/N-ethyl adjacent to an activating group) is 1. The number of methoxy groups -OCH3 is 1. The molecule has 0 saturated carbocycles. The van der Waals surface area contributed by atoms with Gasteiger partial charge in [-0.3, -0.25) is 4.79 Å². The number of aryl methyl sites for hydroxylation is 1. The zero-order valence-electron chi connectivity index (χ0n) is 9.36. The summed E-state index contributed by atoms with van der Waals surface area (Å²) in [6.45, 7) is 1.74. The van der Waals surface area contributed by atoms with Crippen molar-refractivity contribution in [2.24, 2.45) is 0 Å². The van der Waals surface area contributed by atoms with Gasteiger partial charge < -0.3 is 10.1 Å². The van der Waals surface area contributed by atoms with Gasteiger partial charge in [0, 0.05) is 0 Å². The van der Waals surface area contributed by atoms with E-state index < -0.39 is 5.82 Å². The topological polar surface area (TPSA) is 38.3 Å². The number of Topliss-reactive ketones (excluding diaryl/α,β-unsaturated/α-hetero) is 1. The molecule has 1 aromatic carbocycles. The lowest BCUT2D eigenvalue weighted by atomic mass is 10.0. The number of benzene rings is 1. The van der Waals surface area contributed by atoms with Crippen molar-refractivity contribution in [3.8, 4) is 5.75 Å². The summed E-state index contributed by atoms with van der Waals surface area (Å²) in [6, 6.07) is 1.44. The van der Waals surface area contributed by atoms with Gasteiger partial charge in [0.2, 0.25) is 0 Å². The molecule has 3 nitrogen and oxygen atoms in total. The summed E-state index contributed by atoms with van der Waals surface area (Å²) < 4.78 is 18.8. The van der Waals surface area contributed by atoms with Crippen molar-refractivity contribution in [2.75, 3.05) is 20.7 Å². The van der Waals surface area contributed by atoms with Gasteiger partial charge in [-0.1, -0.05) is 11.6 Å². The molecule has 0 saturated heterocycles. The highest BCUT2D eigenvalue weighted by atomic mass is 35.5. The van der Waals surface area contributed by atoms with E-state index in [0.29, 0.717) is 5.56 Å². The molecular weight excluding hydrogens is 233 g/mol. The number of ketones is 1. The first-order valence-corrected chi connectivity index (χ1v) is 5.11. The molecule has 16 heavy (non-hydrogen) atoms. The van der Waals surface area contributed by atoms with Gasteiger partial charge in [-0.15, -0.1) is 0 Å². The van der Waals surface area contributed by atoms with Crippen molar-refractivity contribution in [1.29, 1.82) is 0 Å². The maximum Gasteiger partial charge on any atom is 0.183 e. The number of hydrogen-bond acceptors (Lipinski definition) is 3. The van der Waals surface area contributed by atoms with Crippen molar-refractivity contribution in [3.05, 3.63) is 28.0 Å². The molecule has 0 amide bonds. The number of nitrogens with one attached hydrogen (secondary N) is 1. The Bertz CT molecular complexity index is 421. The molecule has 1 aromatic rings. The smallest absolute Gasteiger partial charge is 0.183 e. The first-order chi connectivity index (χ1) is 7.52. The van der Waals surface area contributed by atoms with E-state index >= 15 is 0 Å². The number of hydrogen-bond donors (Lipinski definition) is 1. The SMILES string of the molecule is CNCC(=O)c1c(F)c(Cl)cc(C)c1OC. The summed E-state index contributed by atoms with van der Waals surface area (Å²) in [6.07, 6.45) is 0. The van der Waals surface area contributed by atoms with E-state index in [0.717, 1.165) is 0 Å². The molecule has 1 N–H and O–H groups in total. The second-order valence-electron chi connectivity index (χ2n) is 3.35. The van der Waals surface area contributed by atoms with Crippen LogP contribution in [0.2, 0.25) is 5.02 Å². The first kappa shape index (κ1) is 12.9. The molecule has 0 aromatic heterocycles. The molecule has 0 heterocycles. The normalized spacial score (nSPS) is 10.3. The van der Waals surface area contributed by atoms with Crippen LogP contribution in [0, 0.1) is 12.7 Å². The summed E-state index contributed by atoms with van der Waals surface area (Å²) >= 11 is 5.69. The quantitative estimate of drug-likeness (QED) is 0.827. The summed E-state index contributed by atoms with van der Waals surface area (Å²) in [4.78, 5) is 11.7. The fourth-order valence-electron chi connectivity index (χ4n) is 1.50. The van der Waals surface area contributed by atoms with Crippen LogP contribution in [0.1, 0.15) is 15.9 Å². The number of carbonyl (C=O) groups is 1. The highest BCUT2D eigenvalue weighted by Gasteiger charge is 2.21.